The zero-order valence-electron chi connectivity index (χ0n) is 20.1. The third kappa shape index (κ3) is 5.77. The Kier molecular flexibility index (Phi) is 8.36. The molecule has 0 bridgehead atoms. The molecule has 1 fully saturated rings. The number of nitrogens with zero attached hydrogens (tertiary/aromatic N) is 2. The Morgan fingerprint density at radius 1 is 1.38 bits per heavy atom. The van der Waals surface area contributed by atoms with Crippen LogP contribution >= 0.6 is 11.6 Å². The third-order valence-electron chi connectivity index (χ3n) is 7.54. The topological polar surface area (TPSA) is 65.5 Å². The highest BCUT2D eigenvalue weighted by atomic mass is 35.5. The average Bonchev–Trinajstić information content (AvgIpc) is 3.27. The number of aliphatic hydroxyl groups is 1. The second-order valence-electron chi connectivity index (χ2n) is 10.4. The van der Waals surface area contributed by atoms with Gasteiger partial charge in [0.1, 0.15) is 0 Å². The predicted octanol–water partition coefficient (Wildman–Crippen LogP) is 4.74. The zero-order valence-corrected chi connectivity index (χ0v) is 20.8. The van der Waals surface area contributed by atoms with Crippen LogP contribution in [0.1, 0.15) is 57.6 Å². The number of carbonyl (C=O) groups excluding carboxylic acids is 1. The van der Waals surface area contributed by atoms with Crippen molar-refractivity contribution in [2.24, 2.45) is 16.7 Å². The van der Waals surface area contributed by atoms with Crippen LogP contribution in [0.3, 0.4) is 0 Å². The lowest BCUT2D eigenvalue weighted by molar-refractivity contribution is -0.144. The number of pyridine rings is 1. The minimum absolute atomic E-state index is 0.00564. The lowest BCUT2D eigenvalue weighted by atomic mass is 9.74. The van der Waals surface area contributed by atoms with E-state index in [1.54, 1.807) is 0 Å². The van der Waals surface area contributed by atoms with Crippen molar-refractivity contribution < 1.29 is 23.1 Å². The molecule has 1 aromatic rings. The van der Waals surface area contributed by atoms with Crippen molar-refractivity contribution in [1.82, 2.24) is 15.2 Å². The van der Waals surface area contributed by atoms with Crippen LogP contribution in [0.25, 0.3) is 5.57 Å². The van der Waals surface area contributed by atoms with Gasteiger partial charge < -0.3 is 15.3 Å². The fourth-order valence-electron chi connectivity index (χ4n) is 4.95. The molecule has 34 heavy (non-hydrogen) atoms. The highest BCUT2D eigenvalue weighted by molar-refractivity contribution is 6.18. The molecule has 1 saturated carbocycles. The number of carbonyl (C=O) groups is 1. The summed E-state index contributed by atoms with van der Waals surface area (Å²) in [4.78, 5) is 19.3. The zero-order chi connectivity index (χ0) is 25.1. The van der Waals surface area contributed by atoms with Crippen molar-refractivity contribution in [1.29, 1.82) is 0 Å². The van der Waals surface area contributed by atoms with Crippen LogP contribution < -0.4 is 5.32 Å². The number of hydrogen-bond donors (Lipinski definition) is 2. The van der Waals surface area contributed by atoms with Gasteiger partial charge in [0.15, 0.2) is 0 Å². The molecule has 0 radical (unpaired) electrons. The molecule has 0 aromatic carbocycles. The number of halogens is 4. The van der Waals surface area contributed by atoms with Gasteiger partial charge in [0.05, 0.1) is 17.6 Å². The maximum atomic E-state index is 13.7. The van der Waals surface area contributed by atoms with Crippen LogP contribution in [0.5, 0.6) is 0 Å². The molecular weight excluding hydrogens is 467 g/mol. The van der Waals surface area contributed by atoms with Gasteiger partial charge in [0, 0.05) is 49.4 Å². The highest BCUT2D eigenvalue weighted by Crippen LogP contribution is 2.46. The summed E-state index contributed by atoms with van der Waals surface area (Å²) in [5, 5.41) is 13.1. The maximum Gasteiger partial charge on any atom is 0.417 e. The first-order valence-corrected chi connectivity index (χ1v) is 12.4. The number of alkyl halides is 4. The normalized spacial score (nSPS) is 25.4. The molecule has 2 aliphatic rings. The fraction of sp³-hybridized carbons (Fsp3) is 0.680. The van der Waals surface area contributed by atoms with E-state index in [1.807, 2.05) is 17.9 Å². The maximum absolute atomic E-state index is 13.7. The molecule has 190 valence electrons. The largest absolute Gasteiger partial charge is 0.417 e. The van der Waals surface area contributed by atoms with E-state index in [9.17, 15) is 23.1 Å². The summed E-state index contributed by atoms with van der Waals surface area (Å²) < 4.78 is 39.1. The fourth-order valence-corrected chi connectivity index (χ4v) is 5.13. The van der Waals surface area contributed by atoms with E-state index < -0.39 is 22.6 Å². The first-order valence-electron chi connectivity index (χ1n) is 11.9. The molecule has 5 nitrogen and oxygen atoms in total. The van der Waals surface area contributed by atoms with Crippen LogP contribution in [0, 0.1) is 16.7 Å². The number of hydrogen-bond acceptors (Lipinski definition) is 4. The van der Waals surface area contributed by atoms with E-state index in [0.717, 1.165) is 37.1 Å². The van der Waals surface area contributed by atoms with E-state index in [-0.39, 0.29) is 24.5 Å². The summed E-state index contributed by atoms with van der Waals surface area (Å²) in [6.07, 6.45) is 2.56. The minimum Gasteiger partial charge on any atom is -0.396 e. The number of nitrogens with one attached hydrogen (secondary N) is 1. The second-order valence-corrected chi connectivity index (χ2v) is 10.7. The minimum atomic E-state index is -4.44. The van der Waals surface area contributed by atoms with Gasteiger partial charge in [-0.2, -0.15) is 13.2 Å². The monoisotopic (exact) mass is 501 g/mol. The molecule has 0 saturated heterocycles. The van der Waals surface area contributed by atoms with Crippen LogP contribution in [0.15, 0.2) is 24.5 Å². The van der Waals surface area contributed by atoms with Crippen molar-refractivity contribution in [3.8, 4) is 0 Å². The Balaban J connectivity index is 1.68. The van der Waals surface area contributed by atoms with Gasteiger partial charge in [0.25, 0.3) is 0 Å². The molecule has 0 spiro atoms. The van der Waals surface area contributed by atoms with E-state index in [2.05, 4.69) is 24.1 Å². The van der Waals surface area contributed by atoms with Gasteiger partial charge in [-0.1, -0.05) is 26.8 Å². The van der Waals surface area contributed by atoms with Crippen LogP contribution in [-0.4, -0.2) is 59.1 Å². The molecule has 1 unspecified atom stereocenters. The van der Waals surface area contributed by atoms with Gasteiger partial charge in [-0.25, -0.2) is 0 Å². The lowest BCUT2D eigenvalue weighted by Gasteiger charge is -2.39. The molecule has 9 heteroatoms. The van der Waals surface area contributed by atoms with Gasteiger partial charge in [-0.15, -0.1) is 11.6 Å². The first kappa shape index (κ1) is 27.0. The third-order valence-corrected chi connectivity index (χ3v) is 8.18. The Labute approximate surface area is 204 Å². The Morgan fingerprint density at radius 2 is 2.12 bits per heavy atom. The Morgan fingerprint density at radius 3 is 2.68 bits per heavy atom. The smallest absolute Gasteiger partial charge is 0.396 e. The predicted molar refractivity (Wildman–Crippen MR) is 127 cm³/mol. The summed E-state index contributed by atoms with van der Waals surface area (Å²) in [5.74, 6) is 0.620. The van der Waals surface area contributed by atoms with Crippen LogP contribution in [-0.2, 0) is 11.0 Å². The van der Waals surface area contributed by atoms with Gasteiger partial charge in [0.2, 0.25) is 5.91 Å². The Hall–Kier alpha value is -1.64. The second kappa shape index (κ2) is 10.5. The summed E-state index contributed by atoms with van der Waals surface area (Å²) in [7, 11) is 0. The molecule has 1 aliphatic heterocycles. The van der Waals surface area contributed by atoms with Gasteiger partial charge in [-0.3, -0.25) is 9.78 Å². The van der Waals surface area contributed by atoms with Crippen molar-refractivity contribution >= 4 is 23.1 Å². The van der Waals surface area contributed by atoms with E-state index in [1.165, 1.54) is 6.20 Å². The molecule has 2 heterocycles. The summed E-state index contributed by atoms with van der Waals surface area (Å²) in [6, 6.07) is 1.30. The number of rotatable bonds is 8. The van der Waals surface area contributed by atoms with E-state index in [0.29, 0.717) is 37.5 Å². The average molecular weight is 502 g/mol. The van der Waals surface area contributed by atoms with Crippen LogP contribution in [0.4, 0.5) is 13.2 Å². The van der Waals surface area contributed by atoms with Crippen molar-refractivity contribution in [3.63, 3.8) is 0 Å². The van der Waals surface area contributed by atoms with Gasteiger partial charge in [-0.05, 0) is 48.8 Å². The number of aliphatic hydroxyl groups excluding tert-OH is 1. The summed E-state index contributed by atoms with van der Waals surface area (Å²) in [5.41, 5.74) is -0.397. The standard InChI is InChI=1S/C25H35ClF3N3O2/c1-17(2)24(7-4-21(11-24)31-15-23(3,14-26)16-33)22(34)32-8-5-18(6-9-32)19-10-20(13-30-12-19)25(27,28)29/h5,10,12-13,17,21,31,33H,4,6-9,11,14-16H2,1-3H3/t21-,23?,24+/m1/s1. The van der Waals surface area contributed by atoms with Gasteiger partial charge >= 0.3 is 6.18 Å². The van der Waals surface area contributed by atoms with Crippen molar-refractivity contribution in [3.05, 3.63) is 35.7 Å². The molecule has 3 rings (SSSR count). The number of amides is 1. The molecular formula is C25H35ClF3N3O2. The molecule has 1 aromatic heterocycles. The molecule has 2 N–H and O–H groups in total. The summed E-state index contributed by atoms with van der Waals surface area (Å²) in [6.45, 7) is 7.52. The summed E-state index contributed by atoms with van der Waals surface area (Å²) >= 11 is 6.01. The SMILES string of the molecule is CC(C)[C@]1(C(=O)N2CC=C(c3cncc(C(F)(F)F)c3)CC2)CC[C@@H](NCC(C)(CO)CCl)C1. The van der Waals surface area contributed by atoms with E-state index >= 15 is 0 Å². The molecule has 1 aliphatic carbocycles. The Bertz CT molecular complexity index is 902. The lowest BCUT2D eigenvalue weighted by Crippen LogP contribution is -2.48. The van der Waals surface area contributed by atoms with Crippen molar-refractivity contribution in [2.45, 2.75) is 58.7 Å². The number of aromatic nitrogens is 1. The van der Waals surface area contributed by atoms with Crippen molar-refractivity contribution in [2.75, 3.05) is 32.1 Å². The molecule has 3 atom stereocenters. The first-order chi connectivity index (χ1) is 15.9. The van der Waals surface area contributed by atoms with Crippen LogP contribution in [0.2, 0.25) is 0 Å². The highest BCUT2D eigenvalue weighted by Gasteiger charge is 2.49. The quantitative estimate of drug-likeness (QED) is 0.505. The molecule has 1 amide bonds. The van der Waals surface area contributed by atoms with E-state index in [4.69, 9.17) is 11.6 Å².